The molecule has 1 fully saturated rings. The van der Waals surface area contributed by atoms with Crippen LogP contribution in [0.3, 0.4) is 0 Å². The fourth-order valence-corrected chi connectivity index (χ4v) is 3.68. The van der Waals surface area contributed by atoms with Crippen molar-refractivity contribution in [2.75, 3.05) is 27.2 Å². The van der Waals surface area contributed by atoms with Crippen LogP contribution >= 0.6 is 0 Å². The van der Waals surface area contributed by atoms with Crippen molar-refractivity contribution in [2.24, 2.45) is 0 Å². The molecular weight excluding hydrogens is 330 g/mol. The van der Waals surface area contributed by atoms with E-state index in [1.165, 1.54) is 6.33 Å². The van der Waals surface area contributed by atoms with E-state index in [4.69, 9.17) is 4.42 Å². The number of likely N-dealkylation sites (tertiary alicyclic amines) is 1. The summed E-state index contributed by atoms with van der Waals surface area (Å²) in [4.78, 5) is 21.5. The Morgan fingerprint density at radius 3 is 3.00 bits per heavy atom. The van der Waals surface area contributed by atoms with Crippen molar-refractivity contribution in [3.05, 3.63) is 47.7 Å². The number of nitrogens with one attached hydrogen (secondary N) is 1. The first kappa shape index (κ1) is 16.8. The lowest BCUT2D eigenvalue weighted by Crippen LogP contribution is -2.39. The molecule has 7 heteroatoms. The summed E-state index contributed by atoms with van der Waals surface area (Å²) in [7, 11) is 3.99. The van der Waals surface area contributed by atoms with Crippen molar-refractivity contribution in [3.8, 4) is 0 Å². The highest BCUT2D eigenvalue weighted by Gasteiger charge is 2.30. The zero-order valence-electron chi connectivity index (χ0n) is 15.1. The Hall–Kier alpha value is -2.67. The predicted molar refractivity (Wildman–Crippen MR) is 97.9 cm³/mol. The Bertz CT molecular complexity index is 900. The molecule has 26 heavy (non-hydrogen) atoms. The third-order valence-corrected chi connectivity index (χ3v) is 4.90. The third-order valence-electron chi connectivity index (χ3n) is 4.90. The number of carbonyl (C=O) groups excluding carboxylic acids is 1. The summed E-state index contributed by atoms with van der Waals surface area (Å²) < 4.78 is 5.99. The molecule has 0 spiro atoms. The van der Waals surface area contributed by atoms with Crippen LogP contribution in [-0.2, 0) is 6.54 Å². The van der Waals surface area contributed by atoms with E-state index in [2.05, 4.69) is 20.1 Å². The Balaban J connectivity index is 1.65. The van der Waals surface area contributed by atoms with Gasteiger partial charge in [-0.25, -0.2) is 4.98 Å². The summed E-state index contributed by atoms with van der Waals surface area (Å²) in [6, 6.07) is 7.84. The summed E-state index contributed by atoms with van der Waals surface area (Å²) in [6.07, 6.45) is 3.47. The summed E-state index contributed by atoms with van der Waals surface area (Å²) in [5.41, 5.74) is 1.72. The normalized spacial score (nSPS) is 18.0. The fourth-order valence-electron chi connectivity index (χ4n) is 3.68. The highest BCUT2D eigenvalue weighted by Crippen LogP contribution is 2.30. The van der Waals surface area contributed by atoms with Gasteiger partial charge in [-0.15, -0.1) is 0 Å². The molecule has 0 saturated carbocycles. The predicted octanol–water partition coefficient (Wildman–Crippen LogP) is 2.63. The number of para-hydroxylation sites is 1. The van der Waals surface area contributed by atoms with E-state index in [1.54, 1.807) is 0 Å². The number of rotatable bonds is 4. The number of amides is 1. The molecule has 1 unspecified atom stereocenters. The van der Waals surface area contributed by atoms with E-state index >= 15 is 0 Å². The molecule has 1 N–H and O–H groups in total. The Morgan fingerprint density at radius 2 is 2.23 bits per heavy atom. The van der Waals surface area contributed by atoms with E-state index in [0.717, 1.165) is 41.7 Å². The minimum Gasteiger partial charge on any atom is -0.451 e. The molecule has 7 nitrogen and oxygen atoms in total. The number of piperidine rings is 1. The lowest BCUT2D eigenvalue weighted by Gasteiger charge is -2.31. The molecule has 1 atom stereocenters. The third kappa shape index (κ3) is 3.10. The van der Waals surface area contributed by atoms with Crippen LogP contribution in [0.2, 0.25) is 0 Å². The molecule has 1 aliphatic rings. The zero-order chi connectivity index (χ0) is 18.1. The smallest absolute Gasteiger partial charge is 0.289 e. The first-order valence-corrected chi connectivity index (χ1v) is 8.93. The number of hydrogen-bond donors (Lipinski definition) is 1. The van der Waals surface area contributed by atoms with Crippen LogP contribution in [0, 0.1) is 0 Å². The van der Waals surface area contributed by atoms with Gasteiger partial charge in [-0.3, -0.25) is 9.89 Å². The van der Waals surface area contributed by atoms with E-state index in [-0.39, 0.29) is 11.8 Å². The average molecular weight is 353 g/mol. The first-order valence-electron chi connectivity index (χ1n) is 8.93. The molecule has 4 rings (SSSR count). The van der Waals surface area contributed by atoms with Crippen LogP contribution < -0.4 is 0 Å². The maximum atomic E-state index is 13.3. The number of aromatic nitrogens is 3. The summed E-state index contributed by atoms with van der Waals surface area (Å²) in [5, 5.41) is 7.88. The Labute approximate surface area is 152 Å². The standard InChI is InChI=1S/C19H23N5O2/c1-23(2)11-15-14-7-3-4-8-16(14)26-17(15)19(25)24-9-5-6-13(10-24)18-20-12-21-22-18/h3-4,7-8,12-13H,5-6,9-11H2,1-2H3,(H,20,21,22). The number of furan rings is 1. The number of hydrogen-bond acceptors (Lipinski definition) is 5. The fraction of sp³-hybridized carbons (Fsp3) is 0.421. The monoisotopic (exact) mass is 353 g/mol. The molecule has 1 saturated heterocycles. The maximum absolute atomic E-state index is 13.3. The zero-order valence-corrected chi connectivity index (χ0v) is 15.1. The number of benzene rings is 1. The largest absolute Gasteiger partial charge is 0.451 e. The SMILES string of the molecule is CN(C)Cc1c(C(=O)N2CCCC(c3ncn[nH]3)C2)oc2ccccc12. The van der Waals surface area contributed by atoms with Gasteiger partial charge >= 0.3 is 0 Å². The topological polar surface area (TPSA) is 78.3 Å². The van der Waals surface area contributed by atoms with Gasteiger partial charge in [0.05, 0.1) is 0 Å². The van der Waals surface area contributed by atoms with Crippen LogP contribution in [0.1, 0.15) is 40.7 Å². The number of fused-ring (bicyclic) bond motifs is 1. The molecule has 1 aromatic carbocycles. The molecule has 0 aliphatic carbocycles. The second kappa shape index (κ2) is 6.92. The highest BCUT2D eigenvalue weighted by molar-refractivity contribution is 5.99. The van der Waals surface area contributed by atoms with Crippen LogP contribution in [0.25, 0.3) is 11.0 Å². The van der Waals surface area contributed by atoms with E-state index in [0.29, 0.717) is 18.8 Å². The van der Waals surface area contributed by atoms with Crippen LogP contribution in [-0.4, -0.2) is 58.1 Å². The molecule has 0 radical (unpaired) electrons. The summed E-state index contributed by atoms with van der Waals surface area (Å²) >= 11 is 0. The van der Waals surface area contributed by atoms with Crippen LogP contribution in [0.15, 0.2) is 35.0 Å². The van der Waals surface area contributed by atoms with E-state index in [9.17, 15) is 4.79 Å². The van der Waals surface area contributed by atoms with Crippen molar-refractivity contribution in [1.29, 1.82) is 0 Å². The minimum atomic E-state index is -0.0396. The van der Waals surface area contributed by atoms with Crippen molar-refractivity contribution in [3.63, 3.8) is 0 Å². The van der Waals surface area contributed by atoms with E-state index < -0.39 is 0 Å². The molecule has 1 aliphatic heterocycles. The van der Waals surface area contributed by atoms with Gasteiger partial charge in [0, 0.05) is 36.5 Å². The summed E-state index contributed by atoms with van der Waals surface area (Å²) in [6.45, 7) is 2.03. The van der Waals surface area contributed by atoms with Gasteiger partial charge in [0.15, 0.2) is 5.76 Å². The van der Waals surface area contributed by atoms with Gasteiger partial charge in [-0.1, -0.05) is 18.2 Å². The second-order valence-corrected chi connectivity index (χ2v) is 7.10. The van der Waals surface area contributed by atoms with Crippen molar-refractivity contribution < 1.29 is 9.21 Å². The minimum absolute atomic E-state index is 0.0396. The second-order valence-electron chi connectivity index (χ2n) is 7.10. The van der Waals surface area contributed by atoms with Crippen molar-refractivity contribution in [2.45, 2.75) is 25.3 Å². The van der Waals surface area contributed by atoms with Crippen LogP contribution in [0.4, 0.5) is 0 Å². The lowest BCUT2D eigenvalue weighted by molar-refractivity contribution is 0.0672. The number of H-pyrrole nitrogens is 1. The molecule has 3 heterocycles. The number of nitrogens with zero attached hydrogens (tertiary/aromatic N) is 4. The molecule has 3 aromatic rings. The van der Waals surface area contributed by atoms with Crippen LogP contribution in [0.5, 0.6) is 0 Å². The molecular formula is C19H23N5O2. The maximum Gasteiger partial charge on any atom is 0.289 e. The summed E-state index contributed by atoms with van der Waals surface area (Å²) in [5.74, 6) is 1.46. The lowest BCUT2D eigenvalue weighted by atomic mass is 9.97. The van der Waals surface area contributed by atoms with Gasteiger partial charge in [-0.05, 0) is 33.0 Å². The number of aromatic amines is 1. The molecule has 1 amide bonds. The highest BCUT2D eigenvalue weighted by atomic mass is 16.3. The molecule has 2 aromatic heterocycles. The Kier molecular flexibility index (Phi) is 4.46. The van der Waals surface area contributed by atoms with Gasteiger partial charge in [0.2, 0.25) is 0 Å². The van der Waals surface area contributed by atoms with Gasteiger partial charge in [0.1, 0.15) is 17.7 Å². The van der Waals surface area contributed by atoms with Gasteiger partial charge < -0.3 is 14.2 Å². The van der Waals surface area contributed by atoms with Crippen molar-refractivity contribution >= 4 is 16.9 Å². The van der Waals surface area contributed by atoms with Crippen molar-refractivity contribution in [1.82, 2.24) is 25.0 Å². The van der Waals surface area contributed by atoms with Gasteiger partial charge in [0.25, 0.3) is 5.91 Å². The average Bonchev–Trinajstić information content (AvgIpc) is 3.30. The molecule has 0 bridgehead atoms. The van der Waals surface area contributed by atoms with Gasteiger partial charge in [-0.2, -0.15) is 5.10 Å². The van der Waals surface area contributed by atoms with E-state index in [1.807, 2.05) is 43.3 Å². The quantitative estimate of drug-likeness (QED) is 0.780. The molecule has 136 valence electrons. The first-order chi connectivity index (χ1) is 12.6. The number of carbonyl (C=O) groups is 1. The Morgan fingerprint density at radius 1 is 1.38 bits per heavy atom.